The van der Waals surface area contributed by atoms with E-state index < -0.39 is 5.60 Å². The van der Waals surface area contributed by atoms with Crippen molar-refractivity contribution in [2.45, 2.75) is 32.3 Å². The van der Waals surface area contributed by atoms with E-state index in [9.17, 15) is 9.90 Å². The van der Waals surface area contributed by atoms with Gasteiger partial charge in [0.2, 0.25) is 5.91 Å². The van der Waals surface area contributed by atoms with Crippen molar-refractivity contribution in [2.75, 3.05) is 13.7 Å². The van der Waals surface area contributed by atoms with Crippen LogP contribution >= 0.6 is 0 Å². The van der Waals surface area contributed by atoms with Crippen molar-refractivity contribution in [3.63, 3.8) is 0 Å². The van der Waals surface area contributed by atoms with Gasteiger partial charge in [0.1, 0.15) is 5.75 Å². The van der Waals surface area contributed by atoms with E-state index >= 15 is 0 Å². The number of hydrogen-bond donors (Lipinski definition) is 2. The van der Waals surface area contributed by atoms with Crippen molar-refractivity contribution < 1.29 is 14.6 Å². The predicted octanol–water partition coefficient (Wildman–Crippen LogP) is 1.51. The summed E-state index contributed by atoms with van der Waals surface area (Å²) in [6.07, 6.45) is 1.01. The van der Waals surface area contributed by atoms with Gasteiger partial charge in [-0.3, -0.25) is 4.79 Å². The number of para-hydroxylation sites is 1. The Morgan fingerprint density at radius 1 is 1.39 bits per heavy atom. The number of aliphatic hydroxyl groups is 1. The maximum Gasteiger partial charge on any atom is 0.220 e. The molecule has 1 amide bonds. The Labute approximate surface area is 108 Å². The van der Waals surface area contributed by atoms with Gasteiger partial charge in [-0.2, -0.15) is 0 Å². The number of amides is 1. The van der Waals surface area contributed by atoms with Crippen molar-refractivity contribution in [1.29, 1.82) is 0 Å². The Balaban J connectivity index is 2.43. The number of methoxy groups -OCH3 is 1. The second-order valence-electron chi connectivity index (χ2n) is 4.90. The van der Waals surface area contributed by atoms with E-state index in [-0.39, 0.29) is 12.5 Å². The zero-order chi connectivity index (χ0) is 13.6. The number of carbonyl (C=O) groups is 1. The number of hydrogen-bond acceptors (Lipinski definition) is 3. The summed E-state index contributed by atoms with van der Waals surface area (Å²) in [4.78, 5) is 11.6. The molecule has 1 rings (SSSR count). The number of benzene rings is 1. The van der Waals surface area contributed by atoms with E-state index in [1.807, 2.05) is 24.3 Å². The van der Waals surface area contributed by atoms with Crippen LogP contribution in [0.25, 0.3) is 0 Å². The number of carbonyl (C=O) groups excluding carboxylic acids is 1. The normalized spacial score (nSPS) is 11.1. The molecule has 1 aromatic rings. The molecular formula is C14H21NO3. The summed E-state index contributed by atoms with van der Waals surface area (Å²) >= 11 is 0. The molecule has 0 spiro atoms. The molecule has 1 aromatic carbocycles. The molecule has 0 aliphatic carbocycles. The van der Waals surface area contributed by atoms with Crippen LogP contribution in [0.15, 0.2) is 24.3 Å². The first-order valence-electron chi connectivity index (χ1n) is 6.03. The molecule has 0 aliphatic heterocycles. The standard InChI is InChI=1S/C14H21NO3/c1-14(2,17)10-15-13(16)9-8-11-6-4-5-7-12(11)18-3/h4-7,17H,8-10H2,1-3H3,(H,15,16). The van der Waals surface area contributed by atoms with Gasteiger partial charge >= 0.3 is 0 Å². The first kappa shape index (κ1) is 14.5. The Kier molecular flexibility index (Phi) is 5.16. The predicted molar refractivity (Wildman–Crippen MR) is 70.6 cm³/mol. The first-order chi connectivity index (χ1) is 8.42. The molecule has 0 saturated carbocycles. The van der Waals surface area contributed by atoms with Crippen LogP contribution in [0.5, 0.6) is 5.75 Å². The third-order valence-corrected chi connectivity index (χ3v) is 2.53. The van der Waals surface area contributed by atoms with E-state index in [0.29, 0.717) is 12.8 Å². The van der Waals surface area contributed by atoms with Crippen LogP contribution in [0, 0.1) is 0 Å². The second kappa shape index (κ2) is 6.40. The fourth-order valence-corrected chi connectivity index (χ4v) is 1.56. The minimum absolute atomic E-state index is 0.0666. The summed E-state index contributed by atoms with van der Waals surface area (Å²) < 4.78 is 5.22. The van der Waals surface area contributed by atoms with Gasteiger partial charge in [-0.15, -0.1) is 0 Å². The Hall–Kier alpha value is -1.55. The van der Waals surface area contributed by atoms with Crippen LogP contribution in [0.3, 0.4) is 0 Å². The van der Waals surface area contributed by atoms with E-state index in [4.69, 9.17) is 4.74 Å². The molecule has 100 valence electrons. The molecule has 0 bridgehead atoms. The molecule has 2 N–H and O–H groups in total. The van der Waals surface area contributed by atoms with Gasteiger partial charge in [-0.25, -0.2) is 0 Å². The molecule has 0 saturated heterocycles. The van der Waals surface area contributed by atoms with Gasteiger partial charge in [0.05, 0.1) is 12.7 Å². The third-order valence-electron chi connectivity index (χ3n) is 2.53. The van der Waals surface area contributed by atoms with Crippen LogP contribution in [-0.2, 0) is 11.2 Å². The van der Waals surface area contributed by atoms with E-state index in [1.54, 1.807) is 21.0 Å². The summed E-state index contributed by atoms with van der Waals surface area (Å²) in [5.41, 5.74) is 0.138. The minimum Gasteiger partial charge on any atom is -0.496 e. The van der Waals surface area contributed by atoms with Crippen LogP contribution in [-0.4, -0.2) is 30.3 Å². The van der Waals surface area contributed by atoms with Crippen LogP contribution in [0.2, 0.25) is 0 Å². The van der Waals surface area contributed by atoms with Gasteiger partial charge in [-0.1, -0.05) is 18.2 Å². The second-order valence-corrected chi connectivity index (χ2v) is 4.90. The number of ether oxygens (including phenoxy) is 1. The number of rotatable bonds is 6. The topological polar surface area (TPSA) is 58.6 Å². The molecule has 4 heteroatoms. The van der Waals surface area contributed by atoms with Crippen LogP contribution in [0.4, 0.5) is 0 Å². The van der Waals surface area contributed by atoms with Gasteiger partial charge in [0, 0.05) is 13.0 Å². The summed E-state index contributed by atoms with van der Waals surface area (Å²) in [5, 5.41) is 12.2. The maximum absolute atomic E-state index is 11.6. The molecule has 0 radical (unpaired) electrons. The highest BCUT2D eigenvalue weighted by Crippen LogP contribution is 2.18. The fraction of sp³-hybridized carbons (Fsp3) is 0.500. The van der Waals surface area contributed by atoms with Crippen LogP contribution < -0.4 is 10.1 Å². The Morgan fingerprint density at radius 2 is 2.06 bits per heavy atom. The highest BCUT2D eigenvalue weighted by atomic mass is 16.5. The molecular weight excluding hydrogens is 230 g/mol. The molecule has 0 atom stereocenters. The zero-order valence-corrected chi connectivity index (χ0v) is 11.2. The average Bonchev–Trinajstić information content (AvgIpc) is 2.33. The first-order valence-corrected chi connectivity index (χ1v) is 6.03. The van der Waals surface area contributed by atoms with Crippen molar-refractivity contribution in [2.24, 2.45) is 0 Å². The smallest absolute Gasteiger partial charge is 0.220 e. The summed E-state index contributed by atoms with van der Waals surface area (Å²) in [7, 11) is 1.62. The molecule has 0 aliphatic rings. The lowest BCUT2D eigenvalue weighted by Gasteiger charge is -2.17. The SMILES string of the molecule is COc1ccccc1CCC(=O)NCC(C)(C)O. The van der Waals surface area contributed by atoms with Gasteiger partial charge in [0.25, 0.3) is 0 Å². The molecule has 0 fully saturated rings. The van der Waals surface area contributed by atoms with Crippen molar-refractivity contribution in [3.8, 4) is 5.75 Å². The Morgan fingerprint density at radius 3 is 2.67 bits per heavy atom. The molecule has 0 aromatic heterocycles. The lowest BCUT2D eigenvalue weighted by molar-refractivity contribution is -0.122. The van der Waals surface area contributed by atoms with Crippen molar-refractivity contribution in [1.82, 2.24) is 5.32 Å². The quantitative estimate of drug-likeness (QED) is 0.806. The van der Waals surface area contributed by atoms with E-state index in [2.05, 4.69) is 5.32 Å². The molecule has 0 heterocycles. The highest BCUT2D eigenvalue weighted by Gasteiger charge is 2.14. The third kappa shape index (κ3) is 5.19. The monoisotopic (exact) mass is 251 g/mol. The van der Waals surface area contributed by atoms with E-state index in [1.165, 1.54) is 0 Å². The Bertz CT molecular complexity index is 396. The molecule has 4 nitrogen and oxygen atoms in total. The van der Waals surface area contributed by atoms with Gasteiger partial charge in [0.15, 0.2) is 0 Å². The van der Waals surface area contributed by atoms with E-state index in [0.717, 1.165) is 11.3 Å². The number of aryl methyl sites for hydroxylation is 1. The molecule has 0 unspecified atom stereocenters. The van der Waals surface area contributed by atoms with Crippen LogP contribution in [0.1, 0.15) is 25.8 Å². The summed E-state index contributed by atoms with van der Waals surface area (Å²) in [6.45, 7) is 3.58. The summed E-state index contributed by atoms with van der Waals surface area (Å²) in [6, 6.07) is 7.65. The van der Waals surface area contributed by atoms with Crippen molar-refractivity contribution >= 4 is 5.91 Å². The summed E-state index contributed by atoms with van der Waals surface area (Å²) in [5.74, 6) is 0.732. The lowest BCUT2D eigenvalue weighted by Crippen LogP contribution is -2.38. The lowest BCUT2D eigenvalue weighted by atomic mass is 10.1. The highest BCUT2D eigenvalue weighted by molar-refractivity contribution is 5.76. The minimum atomic E-state index is -0.875. The molecule has 18 heavy (non-hydrogen) atoms. The largest absolute Gasteiger partial charge is 0.496 e. The maximum atomic E-state index is 11.6. The average molecular weight is 251 g/mol. The van der Waals surface area contributed by atoms with Gasteiger partial charge in [-0.05, 0) is 31.9 Å². The van der Waals surface area contributed by atoms with Crippen molar-refractivity contribution in [3.05, 3.63) is 29.8 Å². The zero-order valence-electron chi connectivity index (χ0n) is 11.2. The van der Waals surface area contributed by atoms with Gasteiger partial charge < -0.3 is 15.2 Å². The fourth-order valence-electron chi connectivity index (χ4n) is 1.56. The number of nitrogens with one attached hydrogen (secondary N) is 1.